The Morgan fingerprint density at radius 1 is 1.11 bits per heavy atom. The quantitative estimate of drug-likeness (QED) is 0.723. The molecule has 1 N–H and O–H groups in total. The van der Waals surface area contributed by atoms with Crippen LogP contribution in [0.1, 0.15) is 27.8 Å². The largest absolute Gasteiger partial charge is 0.444 e. The second kappa shape index (κ2) is 6.82. The predicted molar refractivity (Wildman–Crippen MR) is 102 cm³/mol. The highest BCUT2D eigenvalue weighted by atomic mass is 19.1. The Kier molecular flexibility index (Phi) is 4.48. The minimum atomic E-state index is -0.291. The standard InChI is InChI=1S/C22H22FNO3/c1-13-14(2)22(25)27-21-15(3)20-17(10-19(13)21)11-24(12-26-20)8-7-16-5-4-6-18(23)9-16/h4-6,9-10H,7-8,11-12H2,1-3H3/p+1. The van der Waals surface area contributed by atoms with E-state index in [2.05, 4.69) is 6.07 Å². The molecule has 0 amide bonds. The van der Waals surface area contributed by atoms with Gasteiger partial charge >= 0.3 is 5.63 Å². The molecular weight excluding hydrogens is 345 g/mol. The van der Waals surface area contributed by atoms with Crippen molar-refractivity contribution in [1.82, 2.24) is 0 Å². The van der Waals surface area contributed by atoms with Crippen molar-refractivity contribution in [3.8, 4) is 5.75 Å². The minimum absolute atomic E-state index is 0.197. The highest BCUT2D eigenvalue weighted by Crippen LogP contribution is 2.33. The molecule has 2 heterocycles. The number of aryl methyl sites for hydroxylation is 2. The van der Waals surface area contributed by atoms with Crippen LogP contribution in [0.4, 0.5) is 4.39 Å². The van der Waals surface area contributed by atoms with Gasteiger partial charge in [-0.05, 0) is 50.1 Å². The lowest BCUT2D eigenvalue weighted by atomic mass is 9.99. The van der Waals surface area contributed by atoms with Crippen LogP contribution in [0, 0.1) is 26.6 Å². The van der Waals surface area contributed by atoms with Gasteiger partial charge in [-0.15, -0.1) is 0 Å². The molecule has 1 aromatic heterocycles. The first-order valence-corrected chi connectivity index (χ1v) is 9.21. The highest BCUT2D eigenvalue weighted by molar-refractivity contribution is 5.86. The van der Waals surface area contributed by atoms with Gasteiger partial charge in [-0.1, -0.05) is 12.1 Å². The zero-order chi connectivity index (χ0) is 19.1. The van der Waals surface area contributed by atoms with Crippen LogP contribution in [0.25, 0.3) is 11.0 Å². The molecule has 1 atom stereocenters. The van der Waals surface area contributed by atoms with E-state index in [0.717, 1.165) is 52.9 Å². The van der Waals surface area contributed by atoms with Crippen molar-refractivity contribution in [3.05, 3.63) is 74.4 Å². The van der Waals surface area contributed by atoms with E-state index in [-0.39, 0.29) is 11.4 Å². The van der Waals surface area contributed by atoms with Gasteiger partial charge < -0.3 is 9.15 Å². The third-order valence-corrected chi connectivity index (χ3v) is 5.52. The summed E-state index contributed by atoms with van der Waals surface area (Å²) in [6.07, 6.45) is 0.797. The van der Waals surface area contributed by atoms with Gasteiger partial charge in [0.05, 0.1) is 6.54 Å². The van der Waals surface area contributed by atoms with Gasteiger partial charge in [-0.3, -0.25) is 4.90 Å². The Bertz CT molecular complexity index is 1090. The monoisotopic (exact) mass is 368 g/mol. The Balaban J connectivity index is 1.62. The topological polar surface area (TPSA) is 43.9 Å². The first kappa shape index (κ1) is 17.7. The van der Waals surface area contributed by atoms with E-state index >= 15 is 0 Å². The third-order valence-electron chi connectivity index (χ3n) is 5.52. The van der Waals surface area contributed by atoms with Gasteiger partial charge in [0, 0.05) is 28.5 Å². The lowest BCUT2D eigenvalue weighted by Crippen LogP contribution is -3.12. The number of halogens is 1. The number of hydrogen-bond acceptors (Lipinski definition) is 3. The molecule has 27 heavy (non-hydrogen) atoms. The molecule has 1 unspecified atom stereocenters. The number of rotatable bonds is 3. The van der Waals surface area contributed by atoms with Crippen LogP contribution < -0.4 is 15.3 Å². The predicted octanol–water partition coefficient (Wildman–Crippen LogP) is 2.83. The second-order valence-electron chi connectivity index (χ2n) is 7.35. The number of quaternary nitrogens is 1. The maximum Gasteiger partial charge on any atom is 0.339 e. The molecule has 1 aliphatic rings. The van der Waals surface area contributed by atoms with Crippen molar-refractivity contribution in [1.29, 1.82) is 0 Å². The molecular formula is C22H23FNO3+. The molecule has 4 rings (SSSR count). The normalized spacial score (nSPS) is 16.2. The van der Waals surface area contributed by atoms with E-state index in [9.17, 15) is 9.18 Å². The van der Waals surface area contributed by atoms with Gasteiger partial charge in [0.1, 0.15) is 23.7 Å². The Morgan fingerprint density at radius 3 is 2.70 bits per heavy atom. The van der Waals surface area contributed by atoms with Crippen LogP contribution in [-0.2, 0) is 13.0 Å². The smallest absolute Gasteiger partial charge is 0.339 e. The summed E-state index contributed by atoms with van der Waals surface area (Å²) in [7, 11) is 0. The lowest BCUT2D eigenvalue weighted by molar-refractivity contribution is -0.932. The first-order valence-electron chi connectivity index (χ1n) is 9.21. The van der Waals surface area contributed by atoms with E-state index in [1.165, 1.54) is 11.0 Å². The Morgan fingerprint density at radius 2 is 1.93 bits per heavy atom. The zero-order valence-corrected chi connectivity index (χ0v) is 15.8. The molecule has 0 radical (unpaired) electrons. The number of ether oxygens (including phenoxy) is 1. The van der Waals surface area contributed by atoms with Crippen LogP contribution in [0.2, 0.25) is 0 Å². The Labute approximate surface area is 157 Å². The third kappa shape index (κ3) is 3.23. The molecule has 140 valence electrons. The summed E-state index contributed by atoms with van der Waals surface area (Å²) in [5.74, 6) is 0.626. The van der Waals surface area contributed by atoms with E-state index in [4.69, 9.17) is 9.15 Å². The summed E-state index contributed by atoms with van der Waals surface area (Å²) in [5, 5.41) is 0.971. The SMILES string of the molecule is Cc1c(C)c2cc3c(c(C)c2oc1=O)OC[NH+](CCc1cccc(F)c1)C3. The van der Waals surface area contributed by atoms with E-state index in [0.29, 0.717) is 17.9 Å². The molecule has 0 spiro atoms. The summed E-state index contributed by atoms with van der Waals surface area (Å²) in [6, 6.07) is 8.84. The van der Waals surface area contributed by atoms with Crippen molar-refractivity contribution < 1.29 is 18.4 Å². The van der Waals surface area contributed by atoms with Gasteiger partial charge in [0.15, 0.2) is 0 Å². The van der Waals surface area contributed by atoms with Crippen molar-refractivity contribution in [2.45, 2.75) is 33.7 Å². The summed E-state index contributed by atoms with van der Waals surface area (Å²) in [6.45, 7) is 7.93. The molecule has 0 aliphatic carbocycles. The lowest BCUT2D eigenvalue weighted by Gasteiger charge is -2.27. The van der Waals surface area contributed by atoms with Gasteiger partial charge in [-0.2, -0.15) is 0 Å². The fourth-order valence-corrected chi connectivity index (χ4v) is 3.79. The fourth-order valence-electron chi connectivity index (χ4n) is 3.79. The number of benzene rings is 2. The van der Waals surface area contributed by atoms with Gasteiger partial charge in [0.25, 0.3) is 0 Å². The van der Waals surface area contributed by atoms with Gasteiger partial charge in [-0.25, -0.2) is 9.18 Å². The van der Waals surface area contributed by atoms with E-state index in [1.807, 2.05) is 19.9 Å². The number of fused-ring (bicyclic) bond motifs is 2. The molecule has 0 saturated heterocycles. The second-order valence-corrected chi connectivity index (χ2v) is 7.35. The van der Waals surface area contributed by atoms with Crippen LogP contribution in [0.3, 0.4) is 0 Å². The molecule has 4 nitrogen and oxygen atoms in total. The molecule has 0 saturated carbocycles. The molecule has 3 aromatic rings. The molecule has 1 aliphatic heterocycles. The average Bonchev–Trinajstić information content (AvgIpc) is 2.66. The maximum atomic E-state index is 13.4. The van der Waals surface area contributed by atoms with Crippen molar-refractivity contribution in [3.63, 3.8) is 0 Å². The molecule has 2 aromatic carbocycles. The zero-order valence-electron chi connectivity index (χ0n) is 15.8. The first-order chi connectivity index (χ1) is 12.9. The van der Waals surface area contributed by atoms with Crippen molar-refractivity contribution in [2.24, 2.45) is 0 Å². The van der Waals surface area contributed by atoms with E-state index in [1.54, 1.807) is 19.1 Å². The van der Waals surface area contributed by atoms with Crippen molar-refractivity contribution in [2.75, 3.05) is 13.3 Å². The summed E-state index contributed by atoms with van der Waals surface area (Å²) >= 11 is 0. The van der Waals surface area contributed by atoms with Crippen LogP contribution in [-0.4, -0.2) is 13.3 Å². The average molecular weight is 368 g/mol. The van der Waals surface area contributed by atoms with Crippen LogP contribution >= 0.6 is 0 Å². The molecule has 0 bridgehead atoms. The summed E-state index contributed by atoms with van der Waals surface area (Å²) in [4.78, 5) is 13.3. The number of hydrogen-bond donors (Lipinski definition) is 1. The van der Waals surface area contributed by atoms with Crippen LogP contribution in [0.15, 0.2) is 39.5 Å². The molecule has 5 heteroatoms. The van der Waals surface area contributed by atoms with E-state index < -0.39 is 0 Å². The summed E-state index contributed by atoms with van der Waals surface area (Å²) in [5.41, 5.74) is 4.93. The minimum Gasteiger partial charge on any atom is -0.444 e. The number of nitrogens with one attached hydrogen (secondary N) is 1. The molecule has 0 fully saturated rings. The Hall–Kier alpha value is -2.66. The summed E-state index contributed by atoms with van der Waals surface area (Å²) < 4.78 is 24.9. The van der Waals surface area contributed by atoms with Crippen LogP contribution in [0.5, 0.6) is 5.75 Å². The maximum absolute atomic E-state index is 13.4. The highest BCUT2D eigenvalue weighted by Gasteiger charge is 2.25. The fraction of sp³-hybridized carbons (Fsp3) is 0.318. The van der Waals surface area contributed by atoms with Crippen molar-refractivity contribution >= 4 is 11.0 Å². The van der Waals surface area contributed by atoms with Gasteiger partial charge in [0.2, 0.25) is 6.73 Å².